The van der Waals surface area contributed by atoms with Crippen molar-refractivity contribution in [3.05, 3.63) is 51.8 Å². The fourth-order valence-electron chi connectivity index (χ4n) is 5.40. The molecule has 31 heavy (non-hydrogen) atoms. The molecule has 1 fully saturated rings. The summed E-state index contributed by atoms with van der Waals surface area (Å²) < 4.78 is 2.45. The number of hydrogen-bond acceptors (Lipinski definition) is 7. The minimum absolute atomic E-state index is 0.0857. The summed E-state index contributed by atoms with van der Waals surface area (Å²) in [5.41, 5.74) is 5.96. The molecule has 0 bridgehead atoms. The summed E-state index contributed by atoms with van der Waals surface area (Å²) in [6.45, 7) is 13.7. The van der Waals surface area contributed by atoms with Gasteiger partial charge in [0.1, 0.15) is 5.82 Å². The Labute approximate surface area is 188 Å². The quantitative estimate of drug-likeness (QED) is 0.617. The molecule has 0 atom stereocenters. The molecule has 5 heterocycles. The van der Waals surface area contributed by atoms with Crippen molar-refractivity contribution in [2.75, 3.05) is 24.5 Å². The summed E-state index contributed by atoms with van der Waals surface area (Å²) in [6, 6.07) is 2.29. The maximum atomic E-state index is 5.17. The van der Waals surface area contributed by atoms with E-state index < -0.39 is 0 Å². The van der Waals surface area contributed by atoms with Crippen LogP contribution in [0.15, 0.2) is 24.0 Å². The van der Waals surface area contributed by atoms with Crippen LogP contribution in [0, 0.1) is 13.8 Å². The zero-order valence-electron chi connectivity index (χ0n) is 18.9. The van der Waals surface area contributed by atoms with Crippen molar-refractivity contribution in [3.8, 4) is 0 Å². The van der Waals surface area contributed by atoms with Crippen molar-refractivity contribution in [2.45, 2.75) is 65.1 Å². The molecular weight excluding hydrogens is 406 g/mol. The van der Waals surface area contributed by atoms with Gasteiger partial charge in [-0.15, -0.1) is 11.3 Å². The normalized spacial score (nSPS) is 18.7. The van der Waals surface area contributed by atoms with Crippen LogP contribution in [0.4, 0.5) is 5.95 Å². The molecular formula is C23H31N7S. The van der Waals surface area contributed by atoms with Gasteiger partial charge in [-0.25, -0.2) is 19.9 Å². The molecule has 0 unspecified atom stereocenters. The van der Waals surface area contributed by atoms with E-state index in [-0.39, 0.29) is 5.41 Å². The topological polar surface area (TPSA) is 63.0 Å². The molecule has 164 valence electrons. The van der Waals surface area contributed by atoms with E-state index in [1.54, 1.807) is 11.3 Å². The van der Waals surface area contributed by atoms with Crippen LogP contribution in [0.5, 0.6) is 0 Å². The monoisotopic (exact) mass is 437 g/mol. The van der Waals surface area contributed by atoms with E-state index in [2.05, 4.69) is 57.0 Å². The van der Waals surface area contributed by atoms with Crippen LogP contribution < -0.4 is 4.90 Å². The van der Waals surface area contributed by atoms with E-state index in [4.69, 9.17) is 4.98 Å². The number of thiazole rings is 1. The summed E-state index contributed by atoms with van der Waals surface area (Å²) >= 11 is 1.77. The van der Waals surface area contributed by atoms with E-state index in [0.717, 1.165) is 63.0 Å². The van der Waals surface area contributed by atoms with E-state index in [9.17, 15) is 0 Å². The van der Waals surface area contributed by atoms with Gasteiger partial charge in [0.25, 0.3) is 0 Å². The number of rotatable bonds is 4. The predicted octanol–water partition coefficient (Wildman–Crippen LogP) is 3.88. The van der Waals surface area contributed by atoms with Gasteiger partial charge in [-0.2, -0.15) is 0 Å². The first-order valence-corrected chi connectivity index (χ1v) is 12.1. The second-order valence-electron chi connectivity index (χ2n) is 9.24. The molecule has 5 rings (SSSR count). The van der Waals surface area contributed by atoms with Crippen LogP contribution >= 0.6 is 11.3 Å². The summed E-state index contributed by atoms with van der Waals surface area (Å²) in [7, 11) is 0. The first-order valence-electron chi connectivity index (χ1n) is 11.2. The van der Waals surface area contributed by atoms with E-state index >= 15 is 0 Å². The molecule has 2 aliphatic rings. The highest BCUT2D eigenvalue weighted by Crippen LogP contribution is 2.43. The van der Waals surface area contributed by atoms with Crippen LogP contribution in [-0.2, 0) is 18.5 Å². The molecule has 7 nitrogen and oxygen atoms in total. The zero-order chi connectivity index (χ0) is 21.6. The molecule has 1 spiro atoms. The Morgan fingerprint density at radius 3 is 2.48 bits per heavy atom. The largest absolute Gasteiger partial charge is 0.341 e. The maximum Gasteiger partial charge on any atom is 0.225 e. The zero-order valence-corrected chi connectivity index (χ0v) is 19.7. The third kappa shape index (κ3) is 3.65. The SMILES string of the molecule is Cc1ncsc1CN1Cc2c(nc(C)n2C(C)C)C2(CCN(c3ncccn3)CC2)C1. The molecule has 0 radical (unpaired) electrons. The van der Waals surface area contributed by atoms with Crippen molar-refractivity contribution < 1.29 is 0 Å². The number of aryl methyl sites for hydroxylation is 2. The molecule has 3 aromatic heterocycles. The number of hydrogen-bond donors (Lipinski definition) is 0. The molecule has 0 amide bonds. The Kier molecular flexibility index (Phi) is 5.30. The Bertz CT molecular complexity index is 1050. The predicted molar refractivity (Wildman–Crippen MR) is 123 cm³/mol. The van der Waals surface area contributed by atoms with Crippen molar-refractivity contribution in [3.63, 3.8) is 0 Å². The van der Waals surface area contributed by atoms with Gasteiger partial charge in [0.05, 0.1) is 22.6 Å². The highest BCUT2D eigenvalue weighted by molar-refractivity contribution is 7.09. The van der Waals surface area contributed by atoms with Crippen molar-refractivity contribution >= 4 is 17.3 Å². The van der Waals surface area contributed by atoms with E-state index in [1.165, 1.54) is 16.3 Å². The maximum absolute atomic E-state index is 5.17. The number of piperidine rings is 1. The second kappa shape index (κ2) is 7.98. The van der Waals surface area contributed by atoms with Gasteiger partial charge < -0.3 is 9.47 Å². The molecule has 2 aliphatic heterocycles. The van der Waals surface area contributed by atoms with Crippen molar-refractivity contribution in [1.29, 1.82) is 0 Å². The summed E-state index contributed by atoms with van der Waals surface area (Å²) in [5.74, 6) is 1.98. The standard InChI is InChI=1S/C23H31N7S/c1-16(2)30-18(4)27-21-19(30)12-28(13-20-17(3)26-15-31-20)14-23(21)6-10-29(11-7-23)22-24-8-5-9-25-22/h5,8-9,15-16H,6-7,10-14H2,1-4H3. The minimum atomic E-state index is 0.0857. The van der Waals surface area contributed by atoms with Gasteiger partial charge in [0.2, 0.25) is 5.95 Å². The lowest BCUT2D eigenvalue weighted by atomic mass is 9.72. The van der Waals surface area contributed by atoms with Gasteiger partial charge in [-0.05, 0) is 46.6 Å². The summed E-state index contributed by atoms with van der Waals surface area (Å²) in [6.07, 6.45) is 5.81. The van der Waals surface area contributed by atoms with Crippen LogP contribution in [-0.4, -0.2) is 49.0 Å². The minimum Gasteiger partial charge on any atom is -0.341 e. The average Bonchev–Trinajstić information content (AvgIpc) is 3.32. The molecule has 1 saturated heterocycles. The summed E-state index contributed by atoms with van der Waals surface area (Å²) in [5, 5.41) is 0. The third-order valence-electron chi connectivity index (χ3n) is 6.87. The number of imidazole rings is 1. The Balaban J connectivity index is 1.47. The first-order chi connectivity index (χ1) is 15.0. The molecule has 8 heteroatoms. The number of nitrogens with zero attached hydrogens (tertiary/aromatic N) is 7. The highest BCUT2D eigenvalue weighted by atomic mass is 32.1. The van der Waals surface area contributed by atoms with Crippen molar-refractivity contribution in [1.82, 2.24) is 29.4 Å². The lowest BCUT2D eigenvalue weighted by molar-refractivity contribution is 0.138. The van der Waals surface area contributed by atoms with Crippen LogP contribution in [0.25, 0.3) is 0 Å². The van der Waals surface area contributed by atoms with Crippen LogP contribution in [0.2, 0.25) is 0 Å². The van der Waals surface area contributed by atoms with Gasteiger partial charge in [-0.3, -0.25) is 4.90 Å². The molecule has 0 N–H and O–H groups in total. The Hall–Kier alpha value is -2.32. The number of fused-ring (bicyclic) bond motifs is 2. The number of anilines is 1. The lowest BCUT2D eigenvalue weighted by Crippen LogP contribution is -2.52. The second-order valence-corrected chi connectivity index (χ2v) is 10.2. The molecule has 0 saturated carbocycles. The van der Waals surface area contributed by atoms with Crippen LogP contribution in [0.1, 0.15) is 60.5 Å². The molecule has 0 aromatic carbocycles. The first kappa shape index (κ1) is 20.6. The highest BCUT2D eigenvalue weighted by Gasteiger charge is 2.45. The van der Waals surface area contributed by atoms with Crippen LogP contribution in [0.3, 0.4) is 0 Å². The van der Waals surface area contributed by atoms with Gasteiger partial charge in [0, 0.05) is 61.5 Å². The average molecular weight is 438 g/mol. The fraction of sp³-hybridized carbons (Fsp3) is 0.565. The van der Waals surface area contributed by atoms with Crippen molar-refractivity contribution in [2.24, 2.45) is 0 Å². The Morgan fingerprint density at radius 2 is 1.84 bits per heavy atom. The number of aromatic nitrogens is 5. The van der Waals surface area contributed by atoms with Gasteiger partial charge in [-0.1, -0.05) is 0 Å². The van der Waals surface area contributed by atoms with Gasteiger partial charge in [0.15, 0.2) is 0 Å². The third-order valence-corrected chi connectivity index (χ3v) is 7.79. The Morgan fingerprint density at radius 1 is 1.10 bits per heavy atom. The fourth-order valence-corrected chi connectivity index (χ4v) is 6.22. The lowest BCUT2D eigenvalue weighted by Gasteiger charge is -2.47. The molecule has 3 aromatic rings. The van der Waals surface area contributed by atoms with E-state index in [1.807, 2.05) is 24.0 Å². The summed E-state index contributed by atoms with van der Waals surface area (Å²) in [4.78, 5) is 24.9. The smallest absolute Gasteiger partial charge is 0.225 e. The van der Waals surface area contributed by atoms with E-state index in [0.29, 0.717) is 6.04 Å². The molecule has 0 aliphatic carbocycles. The van der Waals surface area contributed by atoms with Gasteiger partial charge >= 0.3 is 0 Å².